The van der Waals surface area contributed by atoms with Crippen LogP contribution in [0.2, 0.25) is 0 Å². The van der Waals surface area contributed by atoms with Crippen LogP contribution in [-0.2, 0) is 0 Å². The van der Waals surface area contributed by atoms with Crippen molar-refractivity contribution in [3.05, 3.63) is 47.8 Å². The van der Waals surface area contributed by atoms with Crippen molar-refractivity contribution in [3.63, 3.8) is 0 Å². The summed E-state index contributed by atoms with van der Waals surface area (Å²) in [5, 5.41) is 1.02. The molecule has 2 aromatic heterocycles. The molecule has 0 spiro atoms. The first-order valence-electron chi connectivity index (χ1n) is 6.52. The molecule has 0 saturated carbocycles. The minimum absolute atomic E-state index is 0.306. The number of nitrogens with one attached hydrogen (secondary N) is 1. The summed E-state index contributed by atoms with van der Waals surface area (Å²) in [6.45, 7) is 3.82. The van der Waals surface area contributed by atoms with Crippen molar-refractivity contribution in [2.24, 2.45) is 5.84 Å². The summed E-state index contributed by atoms with van der Waals surface area (Å²) in [5.74, 6) is 6.74. The molecule has 106 valence electrons. The smallest absolute Gasteiger partial charge is 0.240 e. The van der Waals surface area contributed by atoms with E-state index in [0.29, 0.717) is 17.6 Å². The van der Waals surface area contributed by atoms with Gasteiger partial charge in [0, 0.05) is 22.8 Å². The Labute approximate surface area is 122 Å². The van der Waals surface area contributed by atoms with Crippen molar-refractivity contribution in [1.29, 1.82) is 0 Å². The van der Waals surface area contributed by atoms with Gasteiger partial charge in [-0.3, -0.25) is 5.43 Å². The van der Waals surface area contributed by atoms with Crippen LogP contribution in [0.1, 0.15) is 11.3 Å². The van der Waals surface area contributed by atoms with Gasteiger partial charge in [-0.1, -0.05) is 18.2 Å². The molecule has 0 radical (unpaired) electrons. The summed E-state index contributed by atoms with van der Waals surface area (Å²) in [4.78, 5) is 12.8. The highest BCUT2D eigenvalue weighted by atomic mass is 16.5. The highest BCUT2D eigenvalue weighted by Crippen LogP contribution is 2.29. The lowest BCUT2D eigenvalue weighted by molar-refractivity contribution is 0.462. The van der Waals surface area contributed by atoms with E-state index in [1.807, 2.05) is 44.2 Å². The van der Waals surface area contributed by atoms with E-state index in [-0.39, 0.29) is 0 Å². The fourth-order valence-electron chi connectivity index (χ4n) is 2.00. The number of ether oxygens (including phenoxy) is 1. The summed E-state index contributed by atoms with van der Waals surface area (Å²) in [6, 6.07) is 9.77. The largest absolute Gasteiger partial charge is 0.436 e. The van der Waals surface area contributed by atoms with E-state index in [0.717, 1.165) is 22.2 Å². The third kappa shape index (κ3) is 2.61. The minimum Gasteiger partial charge on any atom is -0.436 e. The van der Waals surface area contributed by atoms with E-state index >= 15 is 0 Å². The van der Waals surface area contributed by atoms with Gasteiger partial charge in [-0.25, -0.2) is 15.8 Å². The Bertz CT molecular complexity index is 803. The number of fused-ring (bicyclic) bond motifs is 1. The lowest BCUT2D eigenvalue weighted by Crippen LogP contribution is -2.11. The summed E-state index contributed by atoms with van der Waals surface area (Å²) < 4.78 is 5.91. The zero-order valence-corrected chi connectivity index (χ0v) is 11.8. The van der Waals surface area contributed by atoms with Crippen LogP contribution < -0.4 is 16.0 Å². The number of aromatic nitrogens is 3. The third-order valence-electron chi connectivity index (χ3n) is 3.08. The lowest BCUT2D eigenvalue weighted by atomic mass is 10.2. The average Bonchev–Trinajstić information content (AvgIpc) is 2.50. The molecule has 0 aliphatic rings. The summed E-state index contributed by atoms with van der Waals surface area (Å²) in [7, 11) is 0. The Morgan fingerprint density at radius 1 is 1.10 bits per heavy atom. The zero-order chi connectivity index (χ0) is 14.8. The van der Waals surface area contributed by atoms with Crippen LogP contribution in [0.4, 0.5) is 5.95 Å². The van der Waals surface area contributed by atoms with Gasteiger partial charge in [0.05, 0.1) is 0 Å². The molecule has 3 aromatic rings. The first-order valence-corrected chi connectivity index (χ1v) is 6.52. The van der Waals surface area contributed by atoms with Crippen molar-refractivity contribution in [2.75, 3.05) is 5.43 Å². The second-order valence-corrected chi connectivity index (χ2v) is 4.71. The van der Waals surface area contributed by atoms with Crippen LogP contribution in [0.5, 0.6) is 11.6 Å². The van der Waals surface area contributed by atoms with Crippen molar-refractivity contribution >= 4 is 16.9 Å². The Balaban J connectivity index is 2.08. The Kier molecular flexibility index (Phi) is 3.37. The topological polar surface area (TPSA) is 86.0 Å². The van der Waals surface area contributed by atoms with E-state index in [4.69, 9.17) is 10.6 Å². The summed E-state index contributed by atoms with van der Waals surface area (Å²) in [5.41, 5.74) is 4.96. The molecular formula is C15H15N5O. The van der Waals surface area contributed by atoms with Crippen LogP contribution in [0.3, 0.4) is 0 Å². The molecule has 0 saturated heterocycles. The fourth-order valence-corrected chi connectivity index (χ4v) is 2.00. The van der Waals surface area contributed by atoms with Gasteiger partial charge in [-0.15, -0.1) is 0 Å². The summed E-state index contributed by atoms with van der Waals surface area (Å²) >= 11 is 0. The van der Waals surface area contributed by atoms with Crippen LogP contribution in [0, 0.1) is 13.8 Å². The van der Waals surface area contributed by atoms with Gasteiger partial charge in [0.15, 0.2) is 5.75 Å². The molecule has 6 heteroatoms. The van der Waals surface area contributed by atoms with Gasteiger partial charge in [0.25, 0.3) is 0 Å². The maximum absolute atomic E-state index is 5.91. The number of hydrogen-bond donors (Lipinski definition) is 2. The number of nitrogens with two attached hydrogens (primary N) is 1. The molecule has 6 nitrogen and oxygen atoms in total. The number of para-hydroxylation sites is 1. The quantitative estimate of drug-likeness (QED) is 0.567. The maximum atomic E-state index is 5.91. The Hall–Kier alpha value is -2.73. The number of rotatable bonds is 3. The predicted molar refractivity (Wildman–Crippen MR) is 81.1 cm³/mol. The van der Waals surface area contributed by atoms with E-state index in [9.17, 15) is 0 Å². The standard InChI is InChI=1S/C15H15N5O/c1-9-8-17-15(20-16)19-14(9)21-12-5-3-4-11-7-6-10(2)18-13(11)12/h3-8H,16H2,1-2H3,(H,17,19,20). The fraction of sp³-hybridized carbons (Fsp3) is 0.133. The molecule has 1 aromatic carbocycles. The molecule has 0 amide bonds. The number of aryl methyl sites for hydroxylation is 2. The average molecular weight is 281 g/mol. The Morgan fingerprint density at radius 2 is 1.95 bits per heavy atom. The van der Waals surface area contributed by atoms with E-state index in [2.05, 4.69) is 20.4 Å². The molecule has 0 aliphatic heterocycles. The Morgan fingerprint density at radius 3 is 2.76 bits per heavy atom. The molecule has 21 heavy (non-hydrogen) atoms. The molecule has 3 N–H and O–H groups in total. The van der Waals surface area contributed by atoms with Gasteiger partial charge in [-0.05, 0) is 26.0 Å². The summed E-state index contributed by atoms with van der Waals surface area (Å²) in [6.07, 6.45) is 1.65. The lowest BCUT2D eigenvalue weighted by Gasteiger charge is -2.10. The monoisotopic (exact) mass is 281 g/mol. The van der Waals surface area contributed by atoms with Gasteiger partial charge >= 0.3 is 0 Å². The second kappa shape index (κ2) is 5.34. The molecular weight excluding hydrogens is 266 g/mol. The maximum Gasteiger partial charge on any atom is 0.240 e. The number of nitrogen functional groups attached to an aromatic ring is 1. The van der Waals surface area contributed by atoms with Gasteiger partial charge in [0.2, 0.25) is 11.8 Å². The van der Waals surface area contributed by atoms with Crippen molar-refractivity contribution < 1.29 is 4.74 Å². The SMILES string of the molecule is Cc1ccc2cccc(Oc3nc(NN)ncc3C)c2n1. The third-order valence-corrected chi connectivity index (χ3v) is 3.08. The van der Waals surface area contributed by atoms with E-state index < -0.39 is 0 Å². The predicted octanol–water partition coefficient (Wildman–Crippen LogP) is 2.72. The molecule has 0 fully saturated rings. The number of hydrazine groups is 1. The molecule has 0 aliphatic carbocycles. The van der Waals surface area contributed by atoms with Crippen molar-refractivity contribution in [3.8, 4) is 11.6 Å². The molecule has 0 unspecified atom stereocenters. The minimum atomic E-state index is 0.306. The molecule has 0 bridgehead atoms. The highest BCUT2D eigenvalue weighted by Gasteiger charge is 2.09. The second-order valence-electron chi connectivity index (χ2n) is 4.71. The van der Waals surface area contributed by atoms with Crippen LogP contribution >= 0.6 is 0 Å². The molecule has 2 heterocycles. The van der Waals surface area contributed by atoms with Gasteiger partial charge in [0.1, 0.15) is 5.52 Å². The first-order chi connectivity index (χ1) is 10.2. The van der Waals surface area contributed by atoms with Crippen LogP contribution in [0.15, 0.2) is 36.5 Å². The highest BCUT2D eigenvalue weighted by molar-refractivity contribution is 5.84. The number of anilines is 1. The normalized spacial score (nSPS) is 10.6. The van der Waals surface area contributed by atoms with Crippen LogP contribution in [0.25, 0.3) is 10.9 Å². The molecule has 0 atom stereocenters. The van der Waals surface area contributed by atoms with Crippen LogP contribution in [-0.4, -0.2) is 15.0 Å². The van der Waals surface area contributed by atoms with E-state index in [1.165, 1.54) is 0 Å². The first kappa shape index (κ1) is 13.3. The number of pyridine rings is 1. The zero-order valence-electron chi connectivity index (χ0n) is 11.8. The van der Waals surface area contributed by atoms with E-state index in [1.54, 1.807) is 6.20 Å². The van der Waals surface area contributed by atoms with Gasteiger partial charge in [-0.2, -0.15) is 4.98 Å². The number of benzene rings is 1. The van der Waals surface area contributed by atoms with Gasteiger partial charge < -0.3 is 4.74 Å². The molecule has 3 rings (SSSR count). The van der Waals surface area contributed by atoms with Crippen molar-refractivity contribution in [2.45, 2.75) is 13.8 Å². The van der Waals surface area contributed by atoms with Crippen molar-refractivity contribution in [1.82, 2.24) is 15.0 Å². The number of hydrogen-bond acceptors (Lipinski definition) is 6. The number of nitrogens with zero attached hydrogens (tertiary/aromatic N) is 3.